The number of alkyl halides is 6. The molecule has 13 heteroatoms. The molecule has 0 radical (unpaired) electrons. The summed E-state index contributed by atoms with van der Waals surface area (Å²) in [6.07, 6.45) is -8.73. The van der Waals surface area contributed by atoms with Crippen molar-refractivity contribution in [2.75, 3.05) is 20.8 Å². The molecule has 1 amide bonds. The van der Waals surface area contributed by atoms with Crippen LogP contribution < -0.4 is 4.74 Å². The smallest absolute Gasteiger partial charge is 0.416 e. The molecule has 256 valence electrons. The molecule has 2 heterocycles. The van der Waals surface area contributed by atoms with Crippen LogP contribution in [0.5, 0.6) is 5.88 Å². The molecule has 2 atom stereocenters. The summed E-state index contributed by atoms with van der Waals surface area (Å²) in [4.78, 5) is 31.0. The van der Waals surface area contributed by atoms with Gasteiger partial charge < -0.3 is 14.2 Å². The summed E-state index contributed by atoms with van der Waals surface area (Å²) in [5.41, 5.74) is 0.761. The van der Waals surface area contributed by atoms with Crippen LogP contribution in [0.25, 0.3) is 16.7 Å². The van der Waals surface area contributed by atoms with Crippen LogP contribution in [0.15, 0.2) is 60.3 Å². The van der Waals surface area contributed by atoms with Gasteiger partial charge in [0.15, 0.2) is 0 Å². The SMILES string of the molecule is COC(=O)c1ccc(-c2cnc(OC)c(C3=C(CN4C(=O)O[C@H](c5cc(C(F)(F)F)cc(C(F)(F)F)c5)[C@@H]4C)CC(C)(C)CC3)c2)cc1. The zero-order valence-corrected chi connectivity index (χ0v) is 26.9. The van der Waals surface area contributed by atoms with E-state index in [1.807, 2.05) is 6.07 Å². The number of esters is 1. The van der Waals surface area contributed by atoms with E-state index in [2.05, 4.69) is 18.8 Å². The van der Waals surface area contributed by atoms with Gasteiger partial charge in [0, 0.05) is 23.9 Å². The van der Waals surface area contributed by atoms with Crippen LogP contribution >= 0.6 is 0 Å². The minimum atomic E-state index is -5.04. The van der Waals surface area contributed by atoms with E-state index in [0.29, 0.717) is 42.0 Å². The highest BCUT2D eigenvalue weighted by Gasteiger charge is 2.44. The standard InChI is InChI=1S/C35H34F6N2O5/c1-19-29(22-12-25(34(36,37)38)15-26(13-22)35(39,40)41)48-32(45)43(19)18-24-16-33(2,3)11-10-27(24)28-14-23(17-42-30(28)46-4)20-6-8-21(9-7-20)31(44)47-5/h6-9,12-15,17,19,29H,10-11,16,18H2,1-5H3/t19-,29-/m0/s1. The first-order chi connectivity index (χ1) is 22.4. The van der Waals surface area contributed by atoms with Crippen molar-refractivity contribution in [1.82, 2.24) is 9.88 Å². The average molecular weight is 677 g/mol. The topological polar surface area (TPSA) is 78.0 Å². The molecule has 0 bridgehead atoms. The zero-order chi connectivity index (χ0) is 35.2. The fraction of sp³-hybridized carbons (Fsp3) is 0.400. The van der Waals surface area contributed by atoms with Crippen LogP contribution in [-0.4, -0.2) is 48.8 Å². The van der Waals surface area contributed by atoms with E-state index in [1.165, 1.54) is 26.0 Å². The van der Waals surface area contributed by atoms with Gasteiger partial charge in [0.2, 0.25) is 5.88 Å². The Labute approximate surface area is 273 Å². The van der Waals surface area contributed by atoms with Crippen molar-refractivity contribution >= 4 is 17.6 Å². The third-order valence-corrected chi connectivity index (χ3v) is 8.87. The number of allylic oxidation sites excluding steroid dienone is 1. The zero-order valence-electron chi connectivity index (χ0n) is 26.9. The Morgan fingerprint density at radius 1 is 0.979 bits per heavy atom. The fourth-order valence-corrected chi connectivity index (χ4v) is 6.30. The fourth-order valence-electron chi connectivity index (χ4n) is 6.30. The predicted molar refractivity (Wildman–Crippen MR) is 164 cm³/mol. The molecule has 5 rings (SSSR count). The van der Waals surface area contributed by atoms with E-state index in [1.54, 1.807) is 30.5 Å². The summed E-state index contributed by atoms with van der Waals surface area (Å²) in [5, 5.41) is 0. The Hall–Kier alpha value is -4.55. The van der Waals surface area contributed by atoms with E-state index in [-0.39, 0.29) is 18.0 Å². The number of benzene rings is 2. The summed E-state index contributed by atoms with van der Waals surface area (Å²) < 4.78 is 97.4. The lowest BCUT2D eigenvalue weighted by Crippen LogP contribution is -2.35. The number of hydrogen-bond acceptors (Lipinski definition) is 6. The highest BCUT2D eigenvalue weighted by atomic mass is 19.4. The largest absolute Gasteiger partial charge is 0.481 e. The van der Waals surface area contributed by atoms with Gasteiger partial charge in [-0.05, 0) is 90.3 Å². The maximum Gasteiger partial charge on any atom is 0.416 e. The second-order valence-electron chi connectivity index (χ2n) is 12.8. The first-order valence-corrected chi connectivity index (χ1v) is 15.1. The molecule has 3 aromatic rings. The number of pyridine rings is 1. The number of aromatic nitrogens is 1. The van der Waals surface area contributed by atoms with Crippen LogP contribution in [0, 0.1) is 5.41 Å². The molecular weight excluding hydrogens is 642 g/mol. The molecule has 48 heavy (non-hydrogen) atoms. The highest BCUT2D eigenvalue weighted by Crippen LogP contribution is 2.47. The van der Waals surface area contributed by atoms with Gasteiger partial charge in [0.1, 0.15) is 6.10 Å². The van der Waals surface area contributed by atoms with Crippen molar-refractivity contribution in [2.45, 2.75) is 64.5 Å². The number of carbonyl (C=O) groups excluding carboxylic acids is 2. The third-order valence-electron chi connectivity index (χ3n) is 8.87. The van der Waals surface area contributed by atoms with Crippen molar-refractivity contribution in [3.05, 3.63) is 88.1 Å². The Bertz CT molecular complexity index is 1720. The van der Waals surface area contributed by atoms with Gasteiger partial charge in [-0.15, -0.1) is 0 Å². The number of hydrogen-bond donors (Lipinski definition) is 0. The molecule has 1 fully saturated rings. The Balaban J connectivity index is 1.53. The molecule has 0 spiro atoms. The van der Waals surface area contributed by atoms with Crippen molar-refractivity contribution < 1.29 is 50.1 Å². The minimum absolute atomic E-state index is 0.0293. The number of halogens is 6. The lowest BCUT2D eigenvalue weighted by molar-refractivity contribution is -0.143. The molecule has 0 saturated carbocycles. The van der Waals surface area contributed by atoms with Crippen molar-refractivity contribution in [3.63, 3.8) is 0 Å². The van der Waals surface area contributed by atoms with Crippen molar-refractivity contribution in [1.29, 1.82) is 0 Å². The van der Waals surface area contributed by atoms with Crippen LogP contribution in [0.3, 0.4) is 0 Å². The number of rotatable bonds is 7. The lowest BCUT2D eigenvalue weighted by Gasteiger charge is -2.35. The van der Waals surface area contributed by atoms with Crippen molar-refractivity contribution in [2.24, 2.45) is 5.41 Å². The first kappa shape index (κ1) is 34.8. The van der Waals surface area contributed by atoms with E-state index in [0.717, 1.165) is 28.7 Å². The molecule has 2 aromatic carbocycles. The normalized spacial score (nSPS) is 19.7. The van der Waals surface area contributed by atoms with Crippen LogP contribution in [0.2, 0.25) is 0 Å². The van der Waals surface area contributed by atoms with E-state index in [9.17, 15) is 35.9 Å². The lowest BCUT2D eigenvalue weighted by atomic mass is 9.72. The molecule has 1 aromatic heterocycles. The molecule has 1 saturated heterocycles. The van der Waals surface area contributed by atoms with E-state index < -0.39 is 53.3 Å². The molecule has 2 aliphatic rings. The molecule has 0 unspecified atom stereocenters. The van der Waals surface area contributed by atoms with E-state index in [4.69, 9.17) is 14.2 Å². The quantitative estimate of drug-likeness (QED) is 0.184. The third kappa shape index (κ3) is 7.14. The summed E-state index contributed by atoms with van der Waals surface area (Å²) >= 11 is 0. The number of methoxy groups -OCH3 is 2. The van der Waals surface area contributed by atoms with Gasteiger partial charge in [-0.25, -0.2) is 14.6 Å². The maximum absolute atomic E-state index is 13.6. The first-order valence-electron chi connectivity index (χ1n) is 15.1. The number of amides is 1. The van der Waals surface area contributed by atoms with Gasteiger partial charge in [0.05, 0.1) is 37.0 Å². The Morgan fingerprint density at radius 2 is 1.60 bits per heavy atom. The Kier molecular flexibility index (Phi) is 9.28. The molecule has 0 N–H and O–H groups in total. The molecule has 1 aliphatic heterocycles. The van der Waals surface area contributed by atoms with Crippen LogP contribution in [-0.2, 0) is 21.8 Å². The summed E-state index contributed by atoms with van der Waals surface area (Å²) in [7, 11) is 2.78. The van der Waals surface area contributed by atoms with E-state index >= 15 is 0 Å². The minimum Gasteiger partial charge on any atom is -0.481 e. The molecular formula is C35H34F6N2O5. The average Bonchev–Trinajstić information content (AvgIpc) is 3.31. The van der Waals surface area contributed by atoms with Crippen LogP contribution in [0.4, 0.5) is 31.1 Å². The molecule has 1 aliphatic carbocycles. The number of nitrogens with zero attached hydrogens (tertiary/aromatic N) is 2. The molecule has 7 nitrogen and oxygen atoms in total. The van der Waals surface area contributed by atoms with Gasteiger partial charge in [-0.1, -0.05) is 26.0 Å². The summed E-state index contributed by atoms with van der Waals surface area (Å²) in [5.74, 6) is -0.129. The van der Waals surface area contributed by atoms with Crippen molar-refractivity contribution in [3.8, 4) is 17.0 Å². The van der Waals surface area contributed by atoms with Gasteiger partial charge in [-0.2, -0.15) is 26.3 Å². The summed E-state index contributed by atoms with van der Waals surface area (Å²) in [6.45, 7) is 5.72. The highest BCUT2D eigenvalue weighted by molar-refractivity contribution is 5.90. The number of carbonyl (C=O) groups is 2. The Morgan fingerprint density at radius 3 is 2.17 bits per heavy atom. The van der Waals surface area contributed by atoms with Gasteiger partial charge >= 0.3 is 24.4 Å². The summed E-state index contributed by atoms with van der Waals surface area (Å²) in [6, 6.07) is 9.06. The maximum atomic E-state index is 13.6. The second kappa shape index (κ2) is 12.8. The van der Waals surface area contributed by atoms with Gasteiger partial charge in [-0.3, -0.25) is 4.90 Å². The van der Waals surface area contributed by atoms with Crippen LogP contribution in [0.1, 0.15) is 78.7 Å². The number of ether oxygens (including phenoxy) is 3. The monoisotopic (exact) mass is 676 g/mol. The predicted octanol–water partition coefficient (Wildman–Crippen LogP) is 9.13. The second-order valence-corrected chi connectivity index (χ2v) is 12.8. The van der Waals surface area contributed by atoms with Gasteiger partial charge in [0.25, 0.3) is 0 Å². The number of cyclic esters (lactones) is 1.